The molecule has 1 amide bonds. The summed E-state index contributed by atoms with van der Waals surface area (Å²) in [6.45, 7) is -0.294. The quantitative estimate of drug-likeness (QED) is 0.565. The average molecular weight is 444 g/mol. The molecule has 1 N–H and O–H groups in total. The minimum absolute atomic E-state index is 0.0269. The van der Waals surface area contributed by atoms with Crippen molar-refractivity contribution in [3.63, 3.8) is 0 Å². The second-order valence-corrected chi connectivity index (χ2v) is 6.96. The van der Waals surface area contributed by atoms with Gasteiger partial charge in [-0.1, -0.05) is 58.4 Å². The van der Waals surface area contributed by atoms with E-state index >= 15 is 0 Å². The number of hydrogen-bond donors (Lipinski definition) is 1. The van der Waals surface area contributed by atoms with E-state index in [4.69, 9.17) is 9.47 Å². The van der Waals surface area contributed by atoms with Crippen LogP contribution in [0, 0.1) is 5.82 Å². The Labute approximate surface area is 171 Å². The van der Waals surface area contributed by atoms with Crippen LogP contribution < -0.4 is 14.8 Å². The molecule has 28 heavy (non-hydrogen) atoms. The van der Waals surface area contributed by atoms with Crippen molar-refractivity contribution in [2.75, 3.05) is 13.7 Å². The van der Waals surface area contributed by atoms with E-state index in [1.54, 1.807) is 13.2 Å². The fraction of sp³-hybridized carbons (Fsp3) is 0.136. The molecule has 0 bridgehead atoms. The second kappa shape index (κ2) is 9.37. The number of hydrogen-bond acceptors (Lipinski definition) is 3. The third-order valence-corrected chi connectivity index (χ3v) is 4.63. The van der Waals surface area contributed by atoms with Gasteiger partial charge in [0.25, 0.3) is 5.91 Å². The van der Waals surface area contributed by atoms with E-state index in [1.807, 2.05) is 54.6 Å². The lowest BCUT2D eigenvalue weighted by atomic mass is 9.98. The predicted molar refractivity (Wildman–Crippen MR) is 109 cm³/mol. The first kappa shape index (κ1) is 19.9. The molecule has 0 aliphatic rings. The summed E-state index contributed by atoms with van der Waals surface area (Å²) >= 11 is 3.19. The normalized spacial score (nSPS) is 11.5. The molecule has 0 aliphatic heterocycles. The first-order chi connectivity index (χ1) is 13.6. The molecule has 4 nitrogen and oxygen atoms in total. The highest BCUT2D eigenvalue weighted by atomic mass is 79.9. The van der Waals surface area contributed by atoms with E-state index in [0.29, 0.717) is 4.47 Å². The van der Waals surface area contributed by atoms with Crippen molar-refractivity contribution >= 4 is 21.8 Å². The first-order valence-electron chi connectivity index (χ1n) is 8.63. The summed E-state index contributed by atoms with van der Waals surface area (Å²) in [7, 11) is 1.60. The summed E-state index contributed by atoms with van der Waals surface area (Å²) in [6, 6.07) is 21.1. The second-order valence-electron chi connectivity index (χ2n) is 6.05. The molecule has 0 aromatic heterocycles. The van der Waals surface area contributed by atoms with Crippen LogP contribution in [0.1, 0.15) is 17.2 Å². The summed E-state index contributed by atoms with van der Waals surface area (Å²) < 4.78 is 25.0. The van der Waals surface area contributed by atoms with Gasteiger partial charge in [0.1, 0.15) is 5.75 Å². The molecule has 0 heterocycles. The van der Waals surface area contributed by atoms with Crippen LogP contribution in [0.15, 0.2) is 77.3 Å². The molecule has 0 radical (unpaired) electrons. The number of rotatable bonds is 7. The van der Waals surface area contributed by atoms with Crippen molar-refractivity contribution in [2.24, 2.45) is 0 Å². The van der Waals surface area contributed by atoms with Gasteiger partial charge in [0.15, 0.2) is 18.2 Å². The summed E-state index contributed by atoms with van der Waals surface area (Å²) in [4.78, 5) is 12.5. The van der Waals surface area contributed by atoms with Crippen molar-refractivity contribution in [2.45, 2.75) is 6.04 Å². The molecule has 0 spiro atoms. The lowest BCUT2D eigenvalue weighted by Gasteiger charge is -2.20. The number of carbonyl (C=O) groups excluding carboxylic acids is 1. The average Bonchev–Trinajstić information content (AvgIpc) is 2.72. The number of amides is 1. The molecule has 3 rings (SSSR count). The topological polar surface area (TPSA) is 47.6 Å². The van der Waals surface area contributed by atoms with Gasteiger partial charge in [-0.05, 0) is 41.5 Å². The maximum absolute atomic E-state index is 13.9. The Morgan fingerprint density at radius 2 is 1.71 bits per heavy atom. The van der Waals surface area contributed by atoms with Gasteiger partial charge in [-0.3, -0.25) is 4.79 Å². The zero-order chi connectivity index (χ0) is 19.9. The molecular formula is C22H19BrFNO3. The summed E-state index contributed by atoms with van der Waals surface area (Å²) in [5.74, 6) is -0.126. The van der Waals surface area contributed by atoms with E-state index in [1.165, 1.54) is 12.1 Å². The minimum atomic E-state index is -0.531. The first-order valence-corrected chi connectivity index (χ1v) is 9.42. The highest BCUT2D eigenvalue weighted by Crippen LogP contribution is 2.25. The minimum Gasteiger partial charge on any atom is -0.497 e. The van der Waals surface area contributed by atoms with E-state index in [0.717, 1.165) is 16.9 Å². The van der Waals surface area contributed by atoms with E-state index in [9.17, 15) is 9.18 Å². The number of methoxy groups -OCH3 is 1. The van der Waals surface area contributed by atoms with Crippen LogP contribution in [0.25, 0.3) is 0 Å². The molecule has 0 aliphatic carbocycles. The van der Waals surface area contributed by atoms with E-state index in [2.05, 4.69) is 21.2 Å². The third kappa shape index (κ3) is 5.10. The third-order valence-electron chi connectivity index (χ3n) is 4.14. The van der Waals surface area contributed by atoms with Crippen molar-refractivity contribution in [3.05, 3.63) is 94.2 Å². The van der Waals surface area contributed by atoms with Gasteiger partial charge < -0.3 is 14.8 Å². The maximum Gasteiger partial charge on any atom is 0.258 e. The fourth-order valence-corrected chi connectivity index (χ4v) is 3.07. The lowest BCUT2D eigenvalue weighted by Crippen LogP contribution is -2.33. The summed E-state index contributed by atoms with van der Waals surface area (Å²) in [6.07, 6.45) is 0. The van der Waals surface area contributed by atoms with E-state index < -0.39 is 5.82 Å². The summed E-state index contributed by atoms with van der Waals surface area (Å²) in [5, 5.41) is 2.95. The van der Waals surface area contributed by atoms with Crippen LogP contribution in [-0.4, -0.2) is 19.6 Å². The van der Waals surface area contributed by atoms with Gasteiger partial charge in [-0.15, -0.1) is 0 Å². The highest BCUT2D eigenvalue weighted by molar-refractivity contribution is 9.10. The number of benzene rings is 3. The van der Waals surface area contributed by atoms with E-state index in [-0.39, 0.29) is 24.3 Å². The monoisotopic (exact) mass is 443 g/mol. The lowest BCUT2D eigenvalue weighted by molar-refractivity contribution is -0.123. The molecule has 6 heteroatoms. The zero-order valence-corrected chi connectivity index (χ0v) is 16.8. The van der Waals surface area contributed by atoms with Gasteiger partial charge in [-0.25, -0.2) is 4.39 Å². The molecule has 144 valence electrons. The van der Waals surface area contributed by atoms with Gasteiger partial charge in [0, 0.05) is 4.47 Å². The Balaban J connectivity index is 1.74. The number of carbonyl (C=O) groups is 1. The van der Waals surface area contributed by atoms with Gasteiger partial charge in [0.2, 0.25) is 0 Å². The molecule has 3 aromatic rings. The zero-order valence-electron chi connectivity index (χ0n) is 15.2. The Morgan fingerprint density at radius 1 is 1.04 bits per heavy atom. The van der Waals surface area contributed by atoms with Crippen molar-refractivity contribution in [1.82, 2.24) is 5.32 Å². The van der Waals surface area contributed by atoms with Crippen LogP contribution in [0.3, 0.4) is 0 Å². The van der Waals surface area contributed by atoms with Crippen molar-refractivity contribution in [1.29, 1.82) is 0 Å². The smallest absolute Gasteiger partial charge is 0.258 e. The molecule has 0 fully saturated rings. The number of ether oxygens (including phenoxy) is 2. The number of halogens is 2. The molecule has 0 saturated carbocycles. The van der Waals surface area contributed by atoms with Gasteiger partial charge in [0.05, 0.1) is 13.2 Å². The van der Waals surface area contributed by atoms with Crippen LogP contribution in [-0.2, 0) is 4.79 Å². The molecule has 3 aromatic carbocycles. The molecule has 0 saturated heterocycles. The van der Waals surface area contributed by atoms with Crippen LogP contribution in [0.4, 0.5) is 4.39 Å². The largest absolute Gasteiger partial charge is 0.497 e. The Kier molecular flexibility index (Phi) is 6.66. The number of nitrogens with one attached hydrogen (secondary N) is 1. The molecular weight excluding hydrogens is 425 g/mol. The molecule has 1 unspecified atom stereocenters. The Bertz CT molecular complexity index is 932. The summed E-state index contributed by atoms with van der Waals surface area (Å²) in [5.41, 5.74) is 1.83. The van der Waals surface area contributed by atoms with Crippen LogP contribution in [0.2, 0.25) is 0 Å². The molecule has 1 atom stereocenters. The Morgan fingerprint density at radius 3 is 2.36 bits per heavy atom. The maximum atomic E-state index is 13.9. The standard InChI is InChI=1S/C22H19BrFNO3/c1-27-18-10-7-16(8-11-18)22(15-5-3-2-4-6-15)25-21(26)14-28-20-12-9-17(23)13-19(20)24/h2-13,22H,14H2,1H3,(H,25,26). The van der Waals surface area contributed by atoms with Crippen molar-refractivity contribution in [3.8, 4) is 11.5 Å². The highest BCUT2D eigenvalue weighted by Gasteiger charge is 2.17. The Hall–Kier alpha value is -2.86. The van der Waals surface area contributed by atoms with Gasteiger partial charge in [-0.2, -0.15) is 0 Å². The predicted octanol–water partition coefficient (Wildman–Crippen LogP) is 4.88. The van der Waals surface area contributed by atoms with Gasteiger partial charge >= 0.3 is 0 Å². The fourth-order valence-electron chi connectivity index (χ4n) is 2.74. The van der Waals surface area contributed by atoms with Crippen LogP contribution >= 0.6 is 15.9 Å². The van der Waals surface area contributed by atoms with Crippen LogP contribution in [0.5, 0.6) is 11.5 Å². The van der Waals surface area contributed by atoms with Crippen molar-refractivity contribution < 1.29 is 18.7 Å². The SMILES string of the molecule is COc1ccc(C(NC(=O)COc2ccc(Br)cc2F)c2ccccc2)cc1.